The Bertz CT molecular complexity index is 84.5. The first kappa shape index (κ1) is 6.01. The highest BCUT2D eigenvalue weighted by atomic mass is 16.6. The molecule has 0 amide bonds. The van der Waals surface area contributed by atoms with Crippen molar-refractivity contribution < 1.29 is 4.74 Å². The van der Waals surface area contributed by atoms with E-state index in [2.05, 4.69) is 0 Å². The fraction of sp³-hybridized carbons (Fsp3) is 1.00. The zero-order valence-electron chi connectivity index (χ0n) is 5.00. The van der Waals surface area contributed by atoms with Crippen molar-refractivity contribution in [2.24, 2.45) is 11.5 Å². The molecule has 48 valence electrons. The molecule has 0 aromatic rings. The van der Waals surface area contributed by atoms with Gasteiger partial charge in [-0.15, -0.1) is 0 Å². The van der Waals surface area contributed by atoms with Crippen molar-refractivity contribution in [2.75, 3.05) is 0 Å². The maximum Gasteiger partial charge on any atom is 0.134 e. The summed E-state index contributed by atoms with van der Waals surface area (Å²) < 4.78 is 4.92. The highest BCUT2D eigenvalue weighted by Gasteiger charge is 2.39. The SMILES string of the molecule is CC[C@H](N)C1OC1N. The molecule has 0 aromatic carbocycles. The maximum atomic E-state index is 5.56. The van der Waals surface area contributed by atoms with Gasteiger partial charge in [-0.25, -0.2) is 0 Å². The number of hydrogen-bond donors (Lipinski definition) is 2. The van der Waals surface area contributed by atoms with Crippen LogP contribution in [-0.2, 0) is 4.74 Å². The predicted octanol–water partition coefficient (Wildman–Crippen LogP) is -0.593. The molecular weight excluding hydrogens is 104 g/mol. The van der Waals surface area contributed by atoms with E-state index in [4.69, 9.17) is 16.2 Å². The van der Waals surface area contributed by atoms with Crippen LogP contribution in [0.15, 0.2) is 0 Å². The van der Waals surface area contributed by atoms with Gasteiger partial charge in [0.15, 0.2) is 0 Å². The quantitative estimate of drug-likeness (QED) is 0.474. The standard InChI is InChI=1S/C5H12N2O/c1-2-3(6)4-5(7)8-4/h3-5H,2,6-7H2,1H3/t3-,4?,5?/m0/s1. The molecule has 1 rings (SSSR count). The van der Waals surface area contributed by atoms with Crippen molar-refractivity contribution in [3.63, 3.8) is 0 Å². The highest BCUT2D eigenvalue weighted by Crippen LogP contribution is 2.20. The first-order chi connectivity index (χ1) is 3.75. The van der Waals surface area contributed by atoms with Crippen molar-refractivity contribution in [2.45, 2.75) is 31.7 Å². The van der Waals surface area contributed by atoms with Gasteiger partial charge in [0.2, 0.25) is 0 Å². The third-order valence-electron chi connectivity index (χ3n) is 1.45. The molecule has 0 spiro atoms. The second-order valence-corrected chi connectivity index (χ2v) is 2.14. The molecule has 1 aliphatic heterocycles. The van der Waals surface area contributed by atoms with Crippen molar-refractivity contribution in [3.8, 4) is 0 Å². The molecule has 8 heavy (non-hydrogen) atoms. The molecular formula is C5H12N2O. The maximum absolute atomic E-state index is 5.56. The molecule has 1 aliphatic rings. The van der Waals surface area contributed by atoms with E-state index in [9.17, 15) is 0 Å². The smallest absolute Gasteiger partial charge is 0.134 e. The average Bonchev–Trinajstić information content (AvgIpc) is 2.45. The van der Waals surface area contributed by atoms with Gasteiger partial charge in [-0.05, 0) is 6.42 Å². The molecule has 3 heteroatoms. The molecule has 1 saturated heterocycles. The molecule has 0 aliphatic carbocycles. The van der Waals surface area contributed by atoms with E-state index in [1.54, 1.807) is 0 Å². The van der Waals surface area contributed by atoms with Crippen LogP contribution in [0.1, 0.15) is 13.3 Å². The van der Waals surface area contributed by atoms with Gasteiger partial charge in [0.25, 0.3) is 0 Å². The Labute approximate surface area is 49.0 Å². The predicted molar refractivity (Wildman–Crippen MR) is 31.1 cm³/mol. The van der Waals surface area contributed by atoms with Crippen LogP contribution in [-0.4, -0.2) is 18.4 Å². The molecule has 0 radical (unpaired) electrons. The number of hydrogen-bond acceptors (Lipinski definition) is 3. The van der Waals surface area contributed by atoms with E-state index in [0.717, 1.165) is 6.42 Å². The number of rotatable bonds is 2. The van der Waals surface area contributed by atoms with Crippen LogP contribution < -0.4 is 11.5 Å². The van der Waals surface area contributed by atoms with Crippen LogP contribution in [0.25, 0.3) is 0 Å². The first-order valence-electron chi connectivity index (χ1n) is 2.92. The first-order valence-corrected chi connectivity index (χ1v) is 2.92. The zero-order valence-corrected chi connectivity index (χ0v) is 5.00. The molecule has 3 atom stereocenters. The second kappa shape index (κ2) is 2.01. The van der Waals surface area contributed by atoms with Gasteiger partial charge in [-0.1, -0.05) is 6.92 Å². The topological polar surface area (TPSA) is 64.6 Å². The lowest BCUT2D eigenvalue weighted by Gasteiger charge is -2.00. The van der Waals surface area contributed by atoms with Gasteiger partial charge in [0.05, 0.1) is 0 Å². The minimum absolute atomic E-state index is 0.0788. The Kier molecular flexibility index (Phi) is 1.51. The number of nitrogens with two attached hydrogens (primary N) is 2. The Hall–Kier alpha value is -0.120. The molecule has 3 nitrogen and oxygen atoms in total. The van der Waals surface area contributed by atoms with E-state index in [0.29, 0.717) is 0 Å². The third-order valence-corrected chi connectivity index (χ3v) is 1.45. The van der Waals surface area contributed by atoms with E-state index < -0.39 is 0 Å². The highest BCUT2D eigenvalue weighted by molar-refractivity contribution is 4.87. The summed E-state index contributed by atoms with van der Waals surface area (Å²) in [6.45, 7) is 2.03. The van der Waals surface area contributed by atoms with Crippen molar-refractivity contribution in [1.82, 2.24) is 0 Å². The molecule has 0 saturated carbocycles. The number of epoxide rings is 1. The molecule has 2 unspecified atom stereocenters. The van der Waals surface area contributed by atoms with E-state index in [1.165, 1.54) is 0 Å². The van der Waals surface area contributed by atoms with Gasteiger partial charge >= 0.3 is 0 Å². The molecule has 0 aromatic heterocycles. The van der Waals surface area contributed by atoms with Crippen molar-refractivity contribution >= 4 is 0 Å². The monoisotopic (exact) mass is 116 g/mol. The fourth-order valence-corrected chi connectivity index (χ4v) is 0.713. The second-order valence-electron chi connectivity index (χ2n) is 2.14. The van der Waals surface area contributed by atoms with Gasteiger partial charge in [-0.2, -0.15) is 0 Å². The van der Waals surface area contributed by atoms with Crippen LogP contribution in [0.4, 0.5) is 0 Å². The summed E-state index contributed by atoms with van der Waals surface area (Å²) in [7, 11) is 0. The zero-order chi connectivity index (χ0) is 6.15. The third kappa shape index (κ3) is 0.992. The van der Waals surface area contributed by atoms with Gasteiger partial charge in [0.1, 0.15) is 12.3 Å². The minimum atomic E-state index is -0.0788. The minimum Gasteiger partial charge on any atom is -0.352 e. The summed E-state index contributed by atoms with van der Waals surface area (Å²) in [5, 5.41) is 0. The Morgan fingerprint density at radius 3 is 2.38 bits per heavy atom. The molecule has 4 N–H and O–H groups in total. The fourth-order valence-electron chi connectivity index (χ4n) is 0.713. The Morgan fingerprint density at radius 1 is 1.75 bits per heavy atom. The van der Waals surface area contributed by atoms with Crippen molar-refractivity contribution in [1.29, 1.82) is 0 Å². The summed E-state index contributed by atoms with van der Waals surface area (Å²) in [4.78, 5) is 0. The van der Waals surface area contributed by atoms with Crippen molar-refractivity contribution in [3.05, 3.63) is 0 Å². The lowest BCUT2D eigenvalue weighted by molar-refractivity contribution is 0.347. The largest absolute Gasteiger partial charge is 0.352 e. The molecule has 1 fully saturated rings. The van der Waals surface area contributed by atoms with Crippen LogP contribution >= 0.6 is 0 Å². The normalized spacial score (nSPS) is 39.4. The van der Waals surface area contributed by atoms with Crippen LogP contribution in [0, 0.1) is 0 Å². The number of ether oxygens (including phenoxy) is 1. The summed E-state index contributed by atoms with van der Waals surface area (Å²) >= 11 is 0. The summed E-state index contributed by atoms with van der Waals surface area (Å²) in [5.74, 6) is 0. The average molecular weight is 116 g/mol. The Morgan fingerprint density at radius 2 is 2.25 bits per heavy atom. The molecule has 1 heterocycles. The summed E-state index contributed by atoms with van der Waals surface area (Å²) in [5.41, 5.74) is 10.9. The van der Waals surface area contributed by atoms with Crippen LogP contribution in [0.3, 0.4) is 0 Å². The van der Waals surface area contributed by atoms with Crippen LogP contribution in [0.2, 0.25) is 0 Å². The summed E-state index contributed by atoms with van der Waals surface area (Å²) in [6.07, 6.45) is 1.00. The Balaban J connectivity index is 2.18. The van der Waals surface area contributed by atoms with Gasteiger partial charge < -0.3 is 16.2 Å². The van der Waals surface area contributed by atoms with Crippen LogP contribution in [0.5, 0.6) is 0 Å². The van der Waals surface area contributed by atoms with Gasteiger partial charge in [-0.3, -0.25) is 0 Å². The lowest BCUT2D eigenvalue weighted by Crippen LogP contribution is -2.28. The molecule has 0 bridgehead atoms. The summed E-state index contributed by atoms with van der Waals surface area (Å²) in [6, 6.07) is 0.144. The van der Waals surface area contributed by atoms with E-state index >= 15 is 0 Å². The van der Waals surface area contributed by atoms with Gasteiger partial charge in [0, 0.05) is 6.04 Å². The lowest BCUT2D eigenvalue weighted by atomic mass is 10.2. The van der Waals surface area contributed by atoms with E-state index in [1.807, 2.05) is 6.92 Å². The van der Waals surface area contributed by atoms with E-state index in [-0.39, 0.29) is 18.4 Å².